The third-order valence-electron chi connectivity index (χ3n) is 4.79. The van der Waals surface area contributed by atoms with Crippen molar-refractivity contribution in [3.8, 4) is 6.07 Å². The van der Waals surface area contributed by atoms with Gasteiger partial charge in [0.1, 0.15) is 11.8 Å². The van der Waals surface area contributed by atoms with E-state index in [0.717, 1.165) is 31.7 Å². The number of pyridine rings is 1. The Morgan fingerprint density at radius 1 is 1.21 bits per heavy atom. The highest BCUT2D eigenvalue weighted by molar-refractivity contribution is 5.42. The van der Waals surface area contributed by atoms with Crippen LogP contribution in [0.25, 0.3) is 0 Å². The highest BCUT2D eigenvalue weighted by atomic mass is 15.2. The van der Waals surface area contributed by atoms with Crippen LogP contribution >= 0.6 is 0 Å². The zero-order chi connectivity index (χ0) is 16.9. The van der Waals surface area contributed by atoms with Crippen LogP contribution in [-0.2, 0) is 13.0 Å². The largest absolute Gasteiger partial charge is 0.382 e. The molecule has 3 rings (SSSR count). The van der Waals surface area contributed by atoms with Crippen LogP contribution in [0.4, 0.5) is 5.69 Å². The first-order chi connectivity index (χ1) is 11.7. The molecule has 24 heavy (non-hydrogen) atoms. The highest BCUT2D eigenvalue weighted by Crippen LogP contribution is 2.23. The summed E-state index contributed by atoms with van der Waals surface area (Å²) in [6.07, 6.45) is 2.86. The first-order valence-electron chi connectivity index (χ1n) is 8.58. The Balaban J connectivity index is 1.66. The van der Waals surface area contributed by atoms with Crippen LogP contribution < -0.4 is 5.32 Å². The van der Waals surface area contributed by atoms with E-state index in [0.29, 0.717) is 17.7 Å². The topological polar surface area (TPSA) is 52.0 Å². The maximum absolute atomic E-state index is 8.83. The van der Waals surface area contributed by atoms with E-state index in [4.69, 9.17) is 5.26 Å². The van der Waals surface area contributed by atoms with Crippen molar-refractivity contribution in [2.75, 3.05) is 18.4 Å². The molecule has 0 bridgehead atoms. The van der Waals surface area contributed by atoms with Crippen molar-refractivity contribution < 1.29 is 0 Å². The summed E-state index contributed by atoms with van der Waals surface area (Å²) in [5, 5.41) is 12.3. The number of hydrogen-bond donors (Lipinski definition) is 1. The van der Waals surface area contributed by atoms with Crippen molar-refractivity contribution in [2.45, 2.75) is 32.9 Å². The van der Waals surface area contributed by atoms with Crippen molar-refractivity contribution >= 4 is 5.69 Å². The molecule has 0 aliphatic carbocycles. The molecule has 2 aromatic rings. The lowest BCUT2D eigenvalue weighted by molar-refractivity contribution is 0.147. The average Bonchev–Trinajstić information content (AvgIpc) is 2.62. The number of rotatable bonds is 5. The van der Waals surface area contributed by atoms with Gasteiger partial charge in [0, 0.05) is 25.7 Å². The summed E-state index contributed by atoms with van der Waals surface area (Å²) >= 11 is 0. The molecule has 0 amide bonds. The van der Waals surface area contributed by atoms with Crippen LogP contribution in [0.2, 0.25) is 0 Å². The summed E-state index contributed by atoms with van der Waals surface area (Å²) in [6, 6.07) is 15.0. The van der Waals surface area contributed by atoms with Gasteiger partial charge in [-0.1, -0.05) is 38.1 Å². The van der Waals surface area contributed by atoms with E-state index in [9.17, 15) is 0 Å². The van der Waals surface area contributed by atoms with Crippen LogP contribution in [0.15, 0.2) is 42.6 Å². The minimum Gasteiger partial charge on any atom is -0.382 e. The fourth-order valence-corrected chi connectivity index (χ4v) is 3.37. The van der Waals surface area contributed by atoms with E-state index >= 15 is 0 Å². The predicted octanol–water partition coefficient (Wildman–Crippen LogP) is 3.45. The molecule has 1 aliphatic heterocycles. The van der Waals surface area contributed by atoms with Gasteiger partial charge in [-0.15, -0.1) is 0 Å². The Hall–Kier alpha value is -2.38. The van der Waals surface area contributed by atoms with Crippen molar-refractivity contribution in [1.82, 2.24) is 9.88 Å². The van der Waals surface area contributed by atoms with Gasteiger partial charge in [-0.2, -0.15) is 5.26 Å². The summed E-state index contributed by atoms with van der Waals surface area (Å²) in [6.45, 7) is 7.57. The summed E-state index contributed by atoms with van der Waals surface area (Å²) in [7, 11) is 0. The van der Waals surface area contributed by atoms with Gasteiger partial charge in [0.2, 0.25) is 0 Å². The molecule has 1 aromatic heterocycles. The third-order valence-corrected chi connectivity index (χ3v) is 4.79. The van der Waals surface area contributed by atoms with Crippen molar-refractivity contribution in [3.05, 3.63) is 59.4 Å². The van der Waals surface area contributed by atoms with E-state index in [1.807, 2.05) is 6.07 Å². The smallest absolute Gasteiger partial charge is 0.140 e. The highest BCUT2D eigenvalue weighted by Gasteiger charge is 2.25. The lowest BCUT2D eigenvalue weighted by Crippen LogP contribution is -2.46. The molecule has 0 saturated carbocycles. The van der Waals surface area contributed by atoms with Crippen LogP contribution in [0.1, 0.15) is 30.7 Å². The number of nitrogens with zero attached hydrogens (tertiary/aromatic N) is 3. The standard InChI is InChI=1S/C20H24N4/c1-15(2)20(13-23-19-8-7-18(11-21)22-12-19)24-10-9-16-5-3-4-6-17(16)14-24/h3-8,12,15,20,23H,9-10,13-14H2,1-2H3. The van der Waals surface area contributed by atoms with Gasteiger partial charge in [-0.3, -0.25) is 4.90 Å². The van der Waals surface area contributed by atoms with E-state index in [1.165, 1.54) is 11.1 Å². The van der Waals surface area contributed by atoms with Crippen molar-refractivity contribution in [1.29, 1.82) is 5.26 Å². The molecule has 4 nitrogen and oxygen atoms in total. The van der Waals surface area contributed by atoms with Gasteiger partial charge in [-0.25, -0.2) is 4.98 Å². The van der Waals surface area contributed by atoms with Crippen molar-refractivity contribution in [3.63, 3.8) is 0 Å². The second-order valence-corrected chi connectivity index (χ2v) is 6.73. The molecule has 2 heterocycles. The summed E-state index contributed by atoms with van der Waals surface area (Å²) in [5.41, 5.74) is 4.36. The van der Waals surface area contributed by atoms with Gasteiger partial charge < -0.3 is 5.32 Å². The Morgan fingerprint density at radius 3 is 2.67 bits per heavy atom. The number of aromatic nitrogens is 1. The second kappa shape index (κ2) is 7.46. The van der Waals surface area contributed by atoms with Crippen LogP contribution in [-0.4, -0.2) is 29.0 Å². The minimum absolute atomic E-state index is 0.452. The maximum Gasteiger partial charge on any atom is 0.140 e. The molecule has 124 valence electrons. The Morgan fingerprint density at radius 2 is 2.00 bits per heavy atom. The Kier molecular flexibility index (Phi) is 5.12. The van der Waals surface area contributed by atoms with Crippen molar-refractivity contribution in [2.24, 2.45) is 5.92 Å². The normalized spacial score (nSPS) is 15.6. The molecule has 1 aliphatic rings. The van der Waals surface area contributed by atoms with Gasteiger partial charge >= 0.3 is 0 Å². The Bertz CT molecular complexity index is 715. The number of benzene rings is 1. The van der Waals surface area contributed by atoms with E-state index in [1.54, 1.807) is 12.3 Å². The number of anilines is 1. The van der Waals surface area contributed by atoms with Gasteiger partial charge in [0.25, 0.3) is 0 Å². The number of nitrogens with one attached hydrogen (secondary N) is 1. The number of nitriles is 1. The molecule has 1 atom stereocenters. The lowest BCUT2D eigenvalue weighted by Gasteiger charge is -2.38. The number of hydrogen-bond acceptors (Lipinski definition) is 4. The molecule has 0 fully saturated rings. The fraction of sp³-hybridized carbons (Fsp3) is 0.400. The first-order valence-corrected chi connectivity index (χ1v) is 8.58. The van der Waals surface area contributed by atoms with Gasteiger partial charge in [0.05, 0.1) is 11.9 Å². The molecule has 1 aromatic carbocycles. The SMILES string of the molecule is CC(C)C(CNc1ccc(C#N)nc1)N1CCc2ccccc2C1. The van der Waals surface area contributed by atoms with E-state index < -0.39 is 0 Å². The van der Waals surface area contributed by atoms with Gasteiger partial charge in [-0.05, 0) is 35.6 Å². The lowest BCUT2D eigenvalue weighted by atomic mass is 9.95. The predicted molar refractivity (Wildman–Crippen MR) is 96.6 cm³/mol. The fourth-order valence-electron chi connectivity index (χ4n) is 3.37. The third kappa shape index (κ3) is 3.74. The van der Waals surface area contributed by atoms with E-state index in [2.05, 4.69) is 59.4 Å². The molecule has 0 saturated heterocycles. The second-order valence-electron chi connectivity index (χ2n) is 6.73. The summed E-state index contributed by atoms with van der Waals surface area (Å²) < 4.78 is 0. The molecular weight excluding hydrogens is 296 g/mol. The quantitative estimate of drug-likeness (QED) is 0.917. The first kappa shape index (κ1) is 16.5. The van der Waals surface area contributed by atoms with E-state index in [-0.39, 0.29) is 0 Å². The average molecular weight is 320 g/mol. The van der Waals surface area contributed by atoms with Gasteiger partial charge in [0.15, 0.2) is 0 Å². The number of fused-ring (bicyclic) bond motifs is 1. The molecule has 1 unspecified atom stereocenters. The molecule has 0 radical (unpaired) electrons. The monoisotopic (exact) mass is 320 g/mol. The van der Waals surface area contributed by atoms with Crippen LogP contribution in [0, 0.1) is 17.2 Å². The zero-order valence-corrected chi connectivity index (χ0v) is 14.4. The Labute approximate surface area is 144 Å². The van der Waals surface area contributed by atoms with Crippen LogP contribution in [0.5, 0.6) is 0 Å². The molecule has 4 heteroatoms. The minimum atomic E-state index is 0.452. The molecule has 1 N–H and O–H groups in total. The summed E-state index contributed by atoms with van der Waals surface area (Å²) in [5.74, 6) is 0.564. The van der Waals surface area contributed by atoms with Crippen LogP contribution in [0.3, 0.4) is 0 Å². The zero-order valence-electron chi connectivity index (χ0n) is 14.4. The molecular formula is C20H24N4. The molecule has 0 spiro atoms. The summed E-state index contributed by atoms with van der Waals surface area (Å²) in [4.78, 5) is 6.71. The maximum atomic E-state index is 8.83.